The standard InChI is InChI=1S/C47H66Br2O4.C4H10.C2H6/c1-12-31(6)28-51-42(34(9)50-16-5)19-17-18-36-24-35-25-43(52-29-32(7)13-2)44(53-30-33(8)14-3)27-40(35)47(36)41-26-38(49)20-22-39(41)46(10,11)45(47)23-21-37(48)15-4;1-3-4-2;1-2/h15,18,20,22-23,25-27,31-33H,12-14,16-17,19,21,24,28-30H2,1-11H3;3-4H2,1-2H3;1-2H3/b36-18+,37-15+,42-34-,45-23+;;. The third-order valence-electron chi connectivity index (χ3n) is 12.1. The summed E-state index contributed by atoms with van der Waals surface area (Å²) in [5, 5.41) is 0. The molecule has 0 heterocycles. The molecule has 2 aliphatic carbocycles. The van der Waals surface area contributed by atoms with Crippen molar-refractivity contribution in [3.63, 3.8) is 0 Å². The maximum absolute atomic E-state index is 6.72. The van der Waals surface area contributed by atoms with Crippen LogP contribution in [0.3, 0.4) is 0 Å². The summed E-state index contributed by atoms with van der Waals surface area (Å²) in [6, 6.07) is 11.6. The first-order valence-electron chi connectivity index (χ1n) is 23.1. The number of fused-ring (bicyclic) bond motifs is 4. The Morgan fingerprint density at radius 2 is 1.34 bits per heavy atom. The fourth-order valence-corrected chi connectivity index (χ4v) is 8.16. The van der Waals surface area contributed by atoms with Crippen LogP contribution in [0.2, 0.25) is 0 Å². The lowest BCUT2D eigenvalue weighted by molar-refractivity contribution is 0.130. The average molecular weight is 943 g/mol. The van der Waals surface area contributed by atoms with Crippen molar-refractivity contribution in [2.75, 3.05) is 26.4 Å². The Morgan fingerprint density at radius 1 is 0.763 bits per heavy atom. The molecule has 0 saturated heterocycles. The summed E-state index contributed by atoms with van der Waals surface area (Å²) in [6.07, 6.45) is 16.3. The molecular formula is C53H82Br2O4. The number of ether oxygens (including phenoxy) is 4. The van der Waals surface area contributed by atoms with Gasteiger partial charge in [0.05, 0.1) is 31.8 Å². The molecule has 0 aliphatic heterocycles. The summed E-state index contributed by atoms with van der Waals surface area (Å²) < 4.78 is 28.1. The molecule has 0 fully saturated rings. The molecule has 332 valence electrons. The third-order valence-corrected chi connectivity index (χ3v) is 13.4. The van der Waals surface area contributed by atoms with Crippen molar-refractivity contribution in [1.82, 2.24) is 0 Å². The highest BCUT2D eigenvalue weighted by atomic mass is 79.9. The topological polar surface area (TPSA) is 36.9 Å². The molecule has 0 radical (unpaired) electrons. The van der Waals surface area contributed by atoms with E-state index < -0.39 is 5.41 Å². The largest absolute Gasteiger partial charge is 0.495 e. The Labute approximate surface area is 379 Å². The van der Waals surface area contributed by atoms with Crippen LogP contribution in [-0.4, -0.2) is 26.4 Å². The van der Waals surface area contributed by atoms with E-state index in [2.05, 4.69) is 157 Å². The van der Waals surface area contributed by atoms with E-state index >= 15 is 0 Å². The van der Waals surface area contributed by atoms with E-state index in [1.807, 2.05) is 27.7 Å². The third kappa shape index (κ3) is 13.5. The summed E-state index contributed by atoms with van der Waals surface area (Å²) in [5.74, 6) is 4.93. The average Bonchev–Trinajstić information content (AvgIpc) is 3.65. The van der Waals surface area contributed by atoms with E-state index in [0.717, 1.165) is 72.4 Å². The summed E-state index contributed by atoms with van der Waals surface area (Å²) >= 11 is 7.75. The molecule has 0 aromatic heterocycles. The van der Waals surface area contributed by atoms with Gasteiger partial charge in [0.1, 0.15) is 11.5 Å². The molecule has 0 amide bonds. The fraction of sp³-hybridized carbons (Fsp3) is 0.623. The number of rotatable bonds is 20. The maximum Gasteiger partial charge on any atom is 0.161 e. The van der Waals surface area contributed by atoms with Crippen molar-refractivity contribution < 1.29 is 18.9 Å². The van der Waals surface area contributed by atoms with E-state index in [1.54, 1.807) is 0 Å². The highest BCUT2D eigenvalue weighted by Gasteiger charge is 2.58. The van der Waals surface area contributed by atoms with Crippen LogP contribution < -0.4 is 9.47 Å². The second kappa shape index (κ2) is 26.1. The molecule has 59 heavy (non-hydrogen) atoms. The first-order valence-corrected chi connectivity index (χ1v) is 24.7. The van der Waals surface area contributed by atoms with Crippen LogP contribution in [0.1, 0.15) is 177 Å². The second-order valence-corrected chi connectivity index (χ2v) is 18.8. The zero-order valence-corrected chi connectivity index (χ0v) is 43.1. The van der Waals surface area contributed by atoms with Gasteiger partial charge < -0.3 is 18.9 Å². The van der Waals surface area contributed by atoms with Crippen molar-refractivity contribution in [3.8, 4) is 11.5 Å². The molecule has 0 saturated carbocycles. The lowest BCUT2D eigenvalue weighted by atomic mass is 9.67. The van der Waals surface area contributed by atoms with Crippen LogP contribution >= 0.6 is 31.9 Å². The number of hydrogen-bond donors (Lipinski definition) is 0. The molecule has 2 aromatic carbocycles. The van der Waals surface area contributed by atoms with Gasteiger partial charge in [0.25, 0.3) is 0 Å². The van der Waals surface area contributed by atoms with Gasteiger partial charge in [0.15, 0.2) is 11.5 Å². The monoisotopic (exact) mass is 940 g/mol. The van der Waals surface area contributed by atoms with E-state index in [4.69, 9.17) is 18.9 Å². The van der Waals surface area contributed by atoms with Gasteiger partial charge in [0.2, 0.25) is 0 Å². The normalized spacial score (nSPS) is 19.8. The van der Waals surface area contributed by atoms with Crippen LogP contribution in [-0.2, 0) is 26.7 Å². The number of allylic oxidation sites excluding steroid dienone is 8. The second-order valence-electron chi connectivity index (χ2n) is 16.9. The lowest BCUT2D eigenvalue weighted by Crippen LogP contribution is -2.31. The number of unbranched alkanes of at least 4 members (excludes halogenated alkanes) is 1. The number of hydrogen-bond acceptors (Lipinski definition) is 4. The summed E-state index contributed by atoms with van der Waals surface area (Å²) in [7, 11) is 0. The van der Waals surface area contributed by atoms with Gasteiger partial charge in [-0.25, -0.2) is 0 Å². The smallest absolute Gasteiger partial charge is 0.161 e. The highest BCUT2D eigenvalue weighted by Crippen LogP contribution is 2.65. The van der Waals surface area contributed by atoms with Gasteiger partial charge in [0, 0.05) is 16.3 Å². The first-order chi connectivity index (χ1) is 28.2. The van der Waals surface area contributed by atoms with Crippen LogP contribution in [0.25, 0.3) is 0 Å². The van der Waals surface area contributed by atoms with Gasteiger partial charge in [-0.15, -0.1) is 0 Å². The Hall–Kier alpha value is -2.44. The molecule has 4 unspecified atom stereocenters. The highest BCUT2D eigenvalue weighted by molar-refractivity contribution is 9.11. The van der Waals surface area contributed by atoms with E-state index in [0.29, 0.717) is 44.2 Å². The molecule has 0 N–H and O–H groups in total. The Balaban J connectivity index is 0.00000188. The molecule has 4 rings (SSSR count). The zero-order chi connectivity index (χ0) is 44.3. The van der Waals surface area contributed by atoms with E-state index in [-0.39, 0.29) is 5.41 Å². The van der Waals surface area contributed by atoms with Crippen molar-refractivity contribution in [1.29, 1.82) is 0 Å². The first kappa shape index (κ1) is 52.7. The molecule has 2 aromatic rings. The number of benzene rings is 2. The van der Waals surface area contributed by atoms with Crippen LogP contribution in [0.15, 0.2) is 80.2 Å². The minimum atomic E-state index is -0.459. The van der Waals surface area contributed by atoms with Crippen LogP contribution in [0.4, 0.5) is 0 Å². The van der Waals surface area contributed by atoms with Crippen molar-refractivity contribution in [2.24, 2.45) is 17.8 Å². The zero-order valence-electron chi connectivity index (χ0n) is 39.9. The van der Waals surface area contributed by atoms with Gasteiger partial charge in [-0.1, -0.05) is 177 Å². The Morgan fingerprint density at radius 3 is 1.88 bits per heavy atom. The molecule has 4 nitrogen and oxygen atoms in total. The molecule has 4 atom stereocenters. The van der Waals surface area contributed by atoms with Gasteiger partial charge in [-0.2, -0.15) is 0 Å². The summed E-state index contributed by atoms with van der Waals surface area (Å²) in [4.78, 5) is 0. The summed E-state index contributed by atoms with van der Waals surface area (Å²) in [6.45, 7) is 35.4. The van der Waals surface area contributed by atoms with Crippen LogP contribution in [0, 0.1) is 17.8 Å². The van der Waals surface area contributed by atoms with E-state index in [9.17, 15) is 0 Å². The molecule has 6 heteroatoms. The number of halogens is 2. The summed E-state index contributed by atoms with van der Waals surface area (Å²) in [5.41, 5.74) is 7.48. The van der Waals surface area contributed by atoms with Gasteiger partial charge in [-0.3, -0.25) is 0 Å². The fourth-order valence-electron chi connectivity index (χ4n) is 7.64. The Bertz CT molecular complexity index is 1710. The molecule has 0 bridgehead atoms. The quantitative estimate of drug-likeness (QED) is 0.0979. The Kier molecular flexibility index (Phi) is 23.3. The predicted octanol–water partition coefficient (Wildman–Crippen LogP) is 16.9. The van der Waals surface area contributed by atoms with Crippen molar-refractivity contribution in [2.45, 2.75) is 172 Å². The lowest BCUT2D eigenvalue weighted by Gasteiger charge is -2.35. The maximum atomic E-state index is 6.72. The molecular weight excluding hydrogens is 860 g/mol. The molecule has 2 aliphatic rings. The van der Waals surface area contributed by atoms with Crippen molar-refractivity contribution >= 4 is 31.9 Å². The van der Waals surface area contributed by atoms with E-state index in [1.165, 1.54) is 50.7 Å². The van der Waals surface area contributed by atoms with Gasteiger partial charge >= 0.3 is 0 Å². The minimum absolute atomic E-state index is 0.211. The van der Waals surface area contributed by atoms with Gasteiger partial charge in [-0.05, 0) is 114 Å². The SMILES string of the molecule is C/C=C(/Br)C/C=C1\C(C)(C)c2ccc(Br)cc2C12/C(=C/CC/C(OCC(C)CC)=C(\C)OCC)Cc1cc(OCC(C)CC)c(OCC(C)CC)cc12.CC.CCCC. The molecule has 1 spiro atoms. The predicted molar refractivity (Wildman–Crippen MR) is 262 cm³/mol. The minimum Gasteiger partial charge on any atom is -0.495 e. The van der Waals surface area contributed by atoms with Crippen molar-refractivity contribution in [3.05, 3.63) is 102 Å². The van der Waals surface area contributed by atoms with Crippen LogP contribution in [0.5, 0.6) is 11.5 Å².